The molecule has 194 valence electrons. The van der Waals surface area contributed by atoms with Gasteiger partial charge in [0.15, 0.2) is 0 Å². The van der Waals surface area contributed by atoms with Crippen LogP contribution in [0.4, 0.5) is 0 Å². The second-order valence-electron chi connectivity index (χ2n) is 9.27. The smallest absolute Gasteiger partial charge is 0.278 e. The lowest BCUT2D eigenvalue weighted by molar-refractivity contribution is 0.0979. The highest BCUT2D eigenvalue weighted by Gasteiger charge is 2.20. The maximum Gasteiger partial charge on any atom is 0.278 e. The zero-order valence-electron chi connectivity index (χ0n) is 21.6. The van der Waals surface area contributed by atoms with E-state index in [0.717, 1.165) is 55.2 Å². The van der Waals surface area contributed by atoms with Gasteiger partial charge in [-0.25, -0.2) is 0 Å². The number of fused-ring (bicyclic) bond motifs is 1. The van der Waals surface area contributed by atoms with Crippen LogP contribution in [0.2, 0.25) is 5.02 Å². The van der Waals surface area contributed by atoms with E-state index in [4.69, 9.17) is 16.3 Å². The Balaban J connectivity index is 1.41. The number of carbonyl (C=O) groups is 1. The van der Waals surface area contributed by atoms with Gasteiger partial charge in [0.05, 0.1) is 12.1 Å². The maximum absolute atomic E-state index is 13.4. The molecule has 1 amide bonds. The van der Waals surface area contributed by atoms with Crippen LogP contribution in [-0.2, 0) is 6.42 Å². The Bertz CT molecular complexity index is 1570. The predicted molar refractivity (Wildman–Crippen MR) is 161 cm³/mol. The van der Waals surface area contributed by atoms with Crippen molar-refractivity contribution in [1.29, 1.82) is 0 Å². The van der Waals surface area contributed by atoms with Gasteiger partial charge in [-0.1, -0.05) is 48.0 Å². The van der Waals surface area contributed by atoms with Gasteiger partial charge < -0.3 is 9.72 Å². The molecule has 0 aliphatic heterocycles. The van der Waals surface area contributed by atoms with Crippen LogP contribution < -0.4 is 9.46 Å². The number of halogens is 1. The van der Waals surface area contributed by atoms with Crippen molar-refractivity contribution in [3.63, 3.8) is 0 Å². The third kappa shape index (κ3) is 5.63. The van der Waals surface area contributed by atoms with Crippen molar-refractivity contribution in [2.75, 3.05) is 6.61 Å². The number of hydrogen-bond acceptors (Lipinski definition) is 4. The second-order valence-corrected chi connectivity index (χ2v) is 11.6. The van der Waals surface area contributed by atoms with Crippen molar-refractivity contribution in [2.24, 2.45) is 0 Å². The van der Waals surface area contributed by atoms with E-state index in [1.807, 2.05) is 56.3 Å². The molecule has 0 atom stereocenters. The number of ether oxygens (including phenoxy) is 1. The number of aromatic amines is 1. The molecule has 0 fully saturated rings. The lowest BCUT2D eigenvalue weighted by Crippen LogP contribution is -2.18. The highest BCUT2D eigenvalue weighted by atomic mass is 35.5. The van der Waals surface area contributed by atoms with Crippen molar-refractivity contribution < 1.29 is 9.53 Å². The normalized spacial score (nSPS) is 11.2. The second kappa shape index (κ2) is 11.7. The lowest BCUT2D eigenvalue weighted by atomic mass is 10.0. The molecule has 5 aromatic rings. The number of H-pyrrole nitrogens is 1. The summed E-state index contributed by atoms with van der Waals surface area (Å²) in [6, 6.07) is 22.2. The van der Waals surface area contributed by atoms with Crippen molar-refractivity contribution in [2.45, 2.75) is 38.5 Å². The molecule has 2 N–H and O–H groups in total. The molecule has 0 aliphatic rings. The molecule has 4 nitrogen and oxygen atoms in total. The van der Waals surface area contributed by atoms with E-state index in [2.05, 4.69) is 46.3 Å². The molecule has 0 saturated carbocycles. The zero-order valence-corrected chi connectivity index (χ0v) is 23.9. The Morgan fingerprint density at radius 1 is 1.00 bits per heavy atom. The summed E-state index contributed by atoms with van der Waals surface area (Å²) in [7, 11) is 0. The molecule has 2 heterocycles. The number of benzene rings is 3. The molecule has 0 spiro atoms. The summed E-state index contributed by atoms with van der Waals surface area (Å²) in [6.07, 6.45) is 1.47. The summed E-state index contributed by atoms with van der Waals surface area (Å²) in [4.78, 5) is 19.1. The number of aryl methyl sites for hydroxylation is 4. The SMILES string of the molecule is Cc1cc(OCCCc2c(C(=O)NSc3ccccc3)[nH]c3c(-c4ccsc4C)cccc23)cc(C)c1Cl. The van der Waals surface area contributed by atoms with Crippen molar-refractivity contribution >= 4 is 51.7 Å². The van der Waals surface area contributed by atoms with Crippen molar-refractivity contribution in [3.05, 3.63) is 104 Å². The fraction of sp³-hybridized carbons (Fsp3) is 0.194. The average Bonchev–Trinajstić information content (AvgIpc) is 3.52. The van der Waals surface area contributed by atoms with E-state index in [0.29, 0.717) is 18.7 Å². The van der Waals surface area contributed by atoms with Gasteiger partial charge in [0.1, 0.15) is 11.4 Å². The van der Waals surface area contributed by atoms with Crippen LogP contribution in [0.3, 0.4) is 0 Å². The van der Waals surface area contributed by atoms with E-state index < -0.39 is 0 Å². The van der Waals surface area contributed by atoms with Gasteiger partial charge in [-0.3, -0.25) is 9.52 Å². The zero-order chi connectivity index (χ0) is 26.6. The van der Waals surface area contributed by atoms with E-state index >= 15 is 0 Å². The molecule has 0 unspecified atom stereocenters. The molecule has 7 heteroatoms. The molecular formula is C31H29ClN2O2S2. The number of hydrogen-bond donors (Lipinski definition) is 2. The van der Waals surface area contributed by atoms with Gasteiger partial charge in [0, 0.05) is 25.7 Å². The molecule has 38 heavy (non-hydrogen) atoms. The number of rotatable bonds is 9. The molecule has 0 aliphatic carbocycles. The molecule has 0 bridgehead atoms. The molecule has 3 aromatic carbocycles. The number of carbonyl (C=O) groups excluding carboxylic acids is 1. The standard InChI is InChI=1S/C31H29ClN2O2S2/c1-19-17-22(18-20(2)28(19)32)36-15-8-13-27-26-12-7-11-25(24-14-16-37-21(24)3)29(26)33-30(27)31(35)34-38-23-9-5-4-6-10-23/h4-7,9-12,14,16-18,33H,8,13,15H2,1-3H3,(H,34,35). The van der Waals surface area contributed by atoms with Gasteiger partial charge in [0.25, 0.3) is 5.91 Å². The first-order valence-corrected chi connectivity index (χ1v) is 14.6. The largest absolute Gasteiger partial charge is 0.494 e. The van der Waals surface area contributed by atoms with Gasteiger partial charge in [-0.2, -0.15) is 0 Å². The van der Waals surface area contributed by atoms with Crippen LogP contribution in [0.15, 0.2) is 77.0 Å². The number of aromatic nitrogens is 1. The first kappa shape index (κ1) is 26.4. The molecule has 0 saturated heterocycles. The van der Waals surface area contributed by atoms with Crippen LogP contribution in [0.5, 0.6) is 5.75 Å². The Kier molecular flexibility index (Phi) is 8.12. The van der Waals surface area contributed by atoms with Gasteiger partial charge in [-0.05, 0) is 104 Å². The van der Waals surface area contributed by atoms with Gasteiger partial charge in [-0.15, -0.1) is 11.3 Å². The van der Waals surface area contributed by atoms with Gasteiger partial charge >= 0.3 is 0 Å². The fourth-order valence-electron chi connectivity index (χ4n) is 4.69. The number of para-hydroxylation sites is 1. The third-order valence-corrected chi connectivity index (χ3v) is 8.81. The third-order valence-electron chi connectivity index (χ3n) is 6.57. The minimum absolute atomic E-state index is 0.136. The summed E-state index contributed by atoms with van der Waals surface area (Å²) in [5.74, 6) is 0.679. The van der Waals surface area contributed by atoms with Crippen LogP contribution in [0.25, 0.3) is 22.0 Å². The maximum atomic E-state index is 13.4. The van der Waals surface area contributed by atoms with E-state index in [1.54, 1.807) is 11.3 Å². The minimum Gasteiger partial charge on any atom is -0.494 e. The predicted octanol–water partition coefficient (Wildman–Crippen LogP) is 8.92. The quantitative estimate of drug-likeness (QED) is 0.140. The highest BCUT2D eigenvalue weighted by Crippen LogP contribution is 2.36. The summed E-state index contributed by atoms with van der Waals surface area (Å²) in [5, 5.41) is 3.95. The molecule has 2 aromatic heterocycles. The Labute approximate surface area is 236 Å². The Hall–Kier alpha value is -3.19. The minimum atomic E-state index is -0.136. The average molecular weight is 561 g/mol. The van der Waals surface area contributed by atoms with Crippen LogP contribution in [-0.4, -0.2) is 17.5 Å². The van der Waals surface area contributed by atoms with Crippen LogP contribution >= 0.6 is 34.9 Å². The van der Waals surface area contributed by atoms with Crippen molar-refractivity contribution in [3.8, 4) is 16.9 Å². The topological polar surface area (TPSA) is 54.1 Å². The van der Waals surface area contributed by atoms with E-state index in [9.17, 15) is 4.79 Å². The number of amides is 1. The summed E-state index contributed by atoms with van der Waals surface area (Å²) in [6.45, 7) is 6.64. The number of thiophene rings is 1. The highest BCUT2D eigenvalue weighted by molar-refractivity contribution is 7.98. The monoisotopic (exact) mass is 560 g/mol. The Morgan fingerprint density at radius 2 is 1.76 bits per heavy atom. The summed E-state index contributed by atoms with van der Waals surface area (Å²) in [5.41, 5.74) is 6.91. The fourth-order valence-corrected chi connectivity index (χ4v) is 6.12. The number of nitrogens with one attached hydrogen (secondary N) is 2. The van der Waals surface area contributed by atoms with Gasteiger partial charge in [0.2, 0.25) is 0 Å². The molecule has 5 rings (SSSR count). The van der Waals surface area contributed by atoms with Crippen LogP contribution in [0, 0.1) is 20.8 Å². The van der Waals surface area contributed by atoms with E-state index in [-0.39, 0.29) is 5.91 Å². The molecule has 0 radical (unpaired) electrons. The van der Waals surface area contributed by atoms with Crippen molar-refractivity contribution in [1.82, 2.24) is 9.71 Å². The summed E-state index contributed by atoms with van der Waals surface area (Å²) < 4.78 is 9.09. The lowest BCUT2D eigenvalue weighted by Gasteiger charge is -2.10. The first-order valence-electron chi connectivity index (χ1n) is 12.5. The van der Waals surface area contributed by atoms with Crippen LogP contribution in [0.1, 0.15) is 38.5 Å². The van der Waals surface area contributed by atoms with E-state index in [1.165, 1.54) is 22.4 Å². The Morgan fingerprint density at radius 3 is 2.47 bits per heavy atom. The molecular weight excluding hydrogens is 532 g/mol. The summed E-state index contributed by atoms with van der Waals surface area (Å²) >= 11 is 9.36. The first-order chi connectivity index (χ1) is 18.4.